The molecule has 0 radical (unpaired) electrons. The van der Waals surface area contributed by atoms with Gasteiger partial charge in [-0.15, -0.1) is 11.8 Å². The molecule has 1 atom stereocenters. The molecular weight excluding hydrogens is 262 g/mol. The van der Waals surface area contributed by atoms with E-state index in [9.17, 15) is 0 Å². The Morgan fingerprint density at radius 2 is 2.29 bits per heavy atom. The molecule has 0 saturated carbocycles. The van der Waals surface area contributed by atoms with Crippen molar-refractivity contribution in [3.63, 3.8) is 0 Å². The predicted octanol–water partition coefficient (Wildman–Crippen LogP) is 2.89. The van der Waals surface area contributed by atoms with Gasteiger partial charge in [0.2, 0.25) is 0 Å². The van der Waals surface area contributed by atoms with Crippen LogP contribution in [0.4, 0.5) is 5.69 Å². The van der Waals surface area contributed by atoms with Gasteiger partial charge in [0.25, 0.3) is 0 Å². The number of nitrogen functional groups attached to an aromatic ring is 1. The number of halogens is 1. The lowest BCUT2D eigenvalue weighted by Crippen LogP contribution is -1.99. The number of aliphatic hydroxyl groups excluding tert-OH is 1. The Bertz CT molecular complexity index is 306. The molecule has 0 bridgehead atoms. The standard InChI is InChI=1S/C10H14BrNOS/c1-7(4-5-13)14-10-3-2-8(12)6-9(10)11/h2-3,6-7,13H,4-5,12H2,1H3. The Labute approximate surface area is 97.0 Å². The van der Waals surface area contributed by atoms with Crippen molar-refractivity contribution in [2.45, 2.75) is 23.5 Å². The number of rotatable bonds is 4. The highest BCUT2D eigenvalue weighted by molar-refractivity contribution is 9.10. The zero-order valence-corrected chi connectivity index (χ0v) is 10.4. The van der Waals surface area contributed by atoms with Crippen LogP contribution >= 0.6 is 27.7 Å². The molecule has 1 aromatic rings. The van der Waals surface area contributed by atoms with Gasteiger partial charge in [-0.2, -0.15) is 0 Å². The lowest BCUT2D eigenvalue weighted by atomic mass is 10.3. The fourth-order valence-electron chi connectivity index (χ4n) is 1.07. The Morgan fingerprint density at radius 3 is 2.86 bits per heavy atom. The van der Waals surface area contributed by atoms with Crippen LogP contribution in [-0.2, 0) is 0 Å². The summed E-state index contributed by atoms with van der Waals surface area (Å²) in [5, 5.41) is 9.20. The number of thioether (sulfide) groups is 1. The first kappa shape index (κ1) is 11.9. The second-order valence-electron chi connectivity index (χ2n) is 3.13. The molecule has 78 valence electrons. The maximum atomic E-state index is 8.78. The van der Waals surface area contributed by atoms with E-state index in [0.717, 1.165) is 16.6 Å². The summed E-state index contributed by atoms with van der Waals surface area (Å²) in [5.74, 6) is 0. The molecular formula is C10H14BrNOS. The largest absolute Gasteiger partial charge is 0.399 e. The van der Waals surface area contributed by atoms with Crippen molar-refractivity contribution in [3.05, 3.63) is 22.7 Å². The van der Waals surface area contributed by atoms with E-state index in [-0.39, 0.29) is 6.61 Å². The maximum Gasteiger partial charge on any atom is 0.0441 e. The van der Waals surface area contributed by atoms with Crippen LogP contribution in [0.2, 0.25) is 0 Å². The van der Waals surface area contributed by atoms with Crippen LogP contribution < -0.4 is 5.73 Å². The van der Waals surface area contributed by atoms with Gasteiger partial charge < -0.3 is 10.8 Å². The minimum Gasteiger partial charge on any atom is -0.399 e. The van der Waals surface area contributed by atoms with E-state index in [2.05, 4.69) is 22.9 Å². The van der Waals surface area contributed by atoms with Crippen molar-refractivity contribution >= 4 is 33.4 Å². The van der Waals surface area contributed by atoms with Gasteiger partial charge in [0, 0.05) is 26.9 Å². The lowest BCUT2D eigenvalue weighted by molar-refractivity contribution is 0.289. The molecule has 0 saturated heterocycles. The Kier molecular flexibility index (Phi) is 4.78. The number of nitrogens with two attached hydrogens (primary N) is 1. The molecule has 0 aliphatic carbocycles. The molecule has 1 aromatic carbocycles. The molecule has 0 aliphatic rings. The zero-order chi connectivity index (χ0) is 10.6. The summed E-state index contributed by atoms with van der Waals surface area (Å²) in [6, 6.07) is 5.78. The van der Waals surface area contributed by atoms with E-state index in [1.54, 1.807) is 11.8 Å². The molecule has 3 N–H and O–H groups in total. The van der Waals surface area contributed by atoms with E-state index in [1.165, 1.54) is 4.90 Å². The van der Waals surface area contributed by atoms with E-state index in [0.29, 0.717) is 5.25 Å². The highest BCUT2D eigenvalue weighted by atomic mass is 79.9. The van der Waals surface area contributed by atoms with Gasteiger partial charge in [-0.25, -0.2) is 0 Å². The fourth-order valence-corrected chi connectivity index (χ4v) is 2.72. The summed E-state index contributed by atoms with van der Waals surface area (Å²) < 4.78 is 1.02. The summed E-state index contributed by atoms with van der Waals surface area (Å²) in [5.41, 5.74) is 6.40. The first-order valence-electron chi connectivity index (χ1n) is 4.46. The molecule has 0 heterocycles. The van der Waals surface area contributed by atoms with Crippen LogP contribution in [0, 0.1) is 0 Å². The van der Waals surface area contributed by atoms with Gasteiger partial charge in [-0.3, -0.25) is 0 Å². The summed E-state index contributed by atoms with van der Waals surface area (Å²) in [6.07, 6.45) is 0.807. The molecule has 14 heavy (non-hydrogen) atoms. The number of benzene rings is 1. The second-order valence-corrected chi connectivity index (χ2v) is 5.47. The van der Waals surface area contributed by atoms with E-state index >= 15 is 0 Å². The number of anilines is 1. The van der Waals surface area contributed by atoms with E-state index < -0.39 is 0 Å². The van der Waals surface area contributed by atoms with E-state index in [1.807, 2.05) is 18.2 Å². The average Bonchev–Trinajstić information content (AvgIpc) is 2.10. The normalized spacial score (nSPS) is 12.8. The van der Waals surface area contributed by atoms with Crippen LogP contribution in [0.3, 0.4) is 0 Å². The van der Waals surface area contributed by atoms with Gasteiger partial charge in [0.1, 0.15) is 0 Å². The van der Waals surface area contributed by atoms with Crippen molar-refractivity contribution in [2.75, 3.05) is 12.3 Å². The number of hydrogen-bond acceptors (Lipinski definition) is 3. The lowest BCUT2D eigenvalue weighted by Gasteiger charge is -2.11. The van der Waals surface area contributed by atoms with Gasteiger partial charge in [0.15, 0.2) is 0 Å². The van der Waals surface area contributed by atoms with E-state index in [4.69, 9.17) is 10.8 Å². The molecule has 2 nitrogen and oxygen atoms in total. The second kappa shape index (κ2) is 5.63. The molecule has 1 rings (SSSR count). The molecule has 0 amide bonds. The Morgan fingerprint density at radius 1 is 1.57 bits per heavy atom. The van der Waals surface area contributed by atoms with Crippen LogP contribution in [0.25, 0.3) is 0 Å². The molecule has 0 spiro atoms. The minimum absolute atomic E-state index is 0.237. The Hall–Kier alpha value is -0.190. The molecule has 4 heteroatoms. The van der Waals surface area contributed by atoms with Crippen LogP contribution in [-0.4, -0.2) is 17.0 Å². The summed E-state index contributed by atoms with van der Waals surface area (Å²) >= 11 is 5.20. The average molecular weight is 276 g/mol. The molecule has 0 aliphatic heterocycles. The molecule has 0 aromatic heterocycles. The zero-order valence-electron chi connectivity index (χ0n) is 8.03. The van der Waals surface area contributed by atoms with Crippen LogP contribution in [0.15, 0.2) is 27.6 Å². The third-order valence-electron chi connectivity index (χ3n) is 1.82. The van der Waals surface area contributed by atoms with Gasteiger partial charge >= 0.3 is 0 Å². The third kappa shape index (κ3) is 3.52. The van der Waals surface area contributed by atoms with Gasteiger partial charge in [-0.1, -0.05) is 6.92 Å². The fraction of sp³-hybridized carbons (Fsp3) is 0.400. The van der Waals surface area contributed by atoms with Crippen LogP contribution in [0.1, 0.15) is 13.3 Å². The number of hydrogen-bond donors (Lipinski definition) is 2. The van der Waals surface area contributed by atoms with Crippen molar-refractivity contribution < 1.29 is 5.11 Å². The quantitative estimate of drug-likeness (QED) is 0.656. The van der Waals surface area contributed by atoms with Crippen molar-refractivity contribution in [2.24, 2.45) is 0 Å². The summed E-state index contributed by atoms with van der Waals surface area (Å²) in [4.78, 5) is 1.17. The van der Waals surface area contributed by atoms with Gasteiger partial charge in [0.05, 0.1) is 0 Å². The molecule has 0 fully saturated rings. The maximum absolute atomic E-state index is 8.78. The van der Waals surface area contributed by atoms with Crippen LogP contribution in [0.5, 0.6) is 0 Å². The number of aliphatic hydroxyl groups is 1. The highest BCUT2D eigenvalue weighted by Crippen LogP contribution is 2.32. The Balaban J connectivity index is 2.67. The minimum atomic E-state index is 0.237. The third-order valence-corrected chi connectivity index (χ3v) is 3.99. The predicted molar refractivity (Wildman–Crippen MR) is 65.6 cm³/mol. The smallest absolute Gasteiger partial charge is 0.0441 e. The van der Waals surface area contributed by atoms with Crippen molar-refractivity contribution in [1.82, 2.24) is 0 Å². The highest BCUT2D eigenvalue weighted by Gasteiger charge is 2.06. The monoisotopic (exact) mass is 275 g/mol. The van der Waals surface area contributed by atoms with Crippen molar-refractivity contribution in [3.8, 4) is 0 Å². The SMILES string of the molecule is CC(CCO)Sc1ccc(N)cc1Br. The molecule has 1 unspecified atom stereocenters. The first-order valence-corrected chi connectivity index (χ1v) is 6.13. The summed E-state index contributed by atoms with van der Waals surface area (Å²) in [6.45, 7) is 2.34. The first-order chi connectivity index (χ1) is 6.63. The topological polar surface area (TPSA) is 46.2 Å². The van der Waals surface area contributed by atoms with Gasteiger partial charge in [-0.05, 0) is 40.5 Å². The summed E-state index contributed by atoms with van der Waals surface area (Å²) in [7, 11) is 0. The van der Waals surface area contributed by atoms with Crippen molar-refractivity contribution in [1.29, 1.82) is 0 Å².